The molecule has 1 nitrogen and oxygen atoms in total. The van der Waals surface area contributed by atoms with Gasteiger partial charge in [-0.05, 0) is 19.3 Å². The monoisotopic (exact) mass is 126 g/mol. The smallest absolute Gasteiger partial charge is 0.0605 e. The highest BCUT2D eigenvalue weighted by Gasteiger charge is 2.15. The quantitative estimate of drug-likeness (QED) is 0.530. The molecule has 0 bridgehead atoms. The van der Waals surface area contributed by atoms with E-state index < -0.39 is 0 Å². The van der Waals surface area contributed by atoms with Crippen LogP contribution in [0.5, 0.6) is 0 Å². The lowest BCUT2D eigenvalue weighted by atomic mass is 9.91. The van der Waals surface area contributed by atoms with Crippen molar-refractivity contribution in [2.45, 2.75) is 32.3 Å². The summed E-state index contributed by atoms with van der Waals surface area (Å²) in [6.07, 6.45) is 7.30. The molecule has 0 fully saturated rings. The van der Waals surface area contributed by atoms with Crippen LogP contribution in [0.4, 0.5) is 0 Å². The fraction of sp³-hybridized carbons (Fsp3) is 0.750. The van der Waals surface area contributed by atoms with Gasteiger partial charge in [-0.2, -0.15) is 0 Å². The molecule has 0 unspecified atom stereocenters. The van der Waals surface area contributed by atoms with Crippen LogP contribution in [-0.4, -0.2) is 11.2 Å². The zero-order chi connectivity index (χ0) is 6.69. The van der Waals surface area contributed by atoms with Gasteiger partial charge in [0.1, 0.15) is 0 Å². The predicted octanol–water partition coefficient (Wildman–Crippen LogP) is 1.72. The van der Waals surface area contributed by atoms with E-state index >= 15 is 0 Å². The maximum absolute atomic E-state index is 9.32. The third-order valence-electron chi connectivity index (χ3n) is 1.98. The molecule has 1 aliphatic carbocycles. The van der Waals surface area contributed by atoms with Crippen molar-refractivity contribution < 1.29 is 5.11 Å². The number of allylic oxidation sites excluding steroid dienone is 1. The van der Waals surface area contributed by atoms with Gasteiger partial charge in [-0.25, -0.2) is 0 Å². The normalized spacial score (nSPS) is 34.9. The molecule has 2 atom stereocenters. The van der Waals surface area contributed by atoms with Crippen molar-refractivity contribution >= 4 is 0 Å². The Bertz CT molecular complexity index is 107. The summed E-state index contributed by atoms with van der Waals surface area (Å²) in [6.45, 7) is 2.11. The molecule has 1 aliphatic rings. The van der Waals surface area contributed by atoms with Gasteiger partial charge in [-0.3, -0.25) is 0 Å². The Kier molecular flexibility index (Phi) is 2.29. The Morgan fingerprint density at radius 2 is 2.44 bits per heavy atom. The molecule has 0 radical (unpaired) electrons. The van der Waals surface area contributed by atoms with E-state index in [1.807, 2.05) is 0 Å². The van der Waals surface area contributed by atoms with Crippen molar-refractivity contribution in [1.29, 1.82) is 0 Å². The first kappa shape index (κ1) is 6.81. The Balaban J connectivity index is 2.46. The molecule has 1 rings (SSSR count). The Morgan fingerprint density at radius 1 is 1.67 bits per heavy atom. The zero-order valence-corrected chi connectivity index (χ0v) is 5.88. The molecule has 52 valence electrons. The van der Waals surface area contributed by atoms with Crippen LogP contribution in [0.15, 0.2) is 12.2 Å². The maximum Gasteiger partial charge on any atom is 0.0605 e. The highest BCUT2D eigenvalue weighted by Crippen LogP contribution is 2.19. The van der Waals surface area contributed by atoms with E-state index in [9.17, 15) is 5.11 Å². The van der Waals surface area contributed by atoms with E-state index in [4.69, 9.17) is 0 Å². The van der Waals surface area contributed by atoms with Crippen LogP contribution in [0.25, 0.3) is 0 Å². The average Bonchev–Trinajstić information content (AvgIpc) is 1.89. The summed E-state index contributed by atoms with van der Waals surface area (Å²) in [6, 6.07) is 0. The summed E-state index contributed by atoms with van der Waals surface area (Å²) in [4.78, 5) is 0. The average molecular weight is 126 g/mol. The van der Waals surface area contributed by atoms with Gasteiger partial charge in [0.2, 0.25) is 0 Å². The van der Waals surface area contributed by atoms with Crippen LogP contribution >= 0.6 is 0 Å². The molecule has 0 saturated heterocycles. The third-order valence-corrected chi connectivity index (χ3v) is 1.98. The molecular formula is C8H14O. The first-order valence-corrected chi connectivity index (χ1v) is 3.69. The molecule has 1 heteroatoms. The molecule has 0 aromatic carbocycles. The van der Waals surface area contributed by atoms with Gasteiger partial charge in [0.25, 0.3) is 0 Å². The predicted molar refractivity (Wildman–Crippen MR) is 38.2 cm³/mol. The SMILES string of the molecule is CC[C@@H]1C=CCC[C@@H]1O. The molecule has 0 aliphatic heterocycles. The Labute approximate surface area is 56.4 Å². The number of aliphatic hydroxyl groups excluding tert-OH is 1. The van der Waals surface area contributed by atoms with Gasteiger partial charge in [0, 0.05) is 5.92 Å². The molecule has 1 N–H and O–H groups in total. The molecule has 0 aromatic rings. The lowest BCUT2D eigenvalue weighted by Gasteiger charge is -2.20. The lowest BCUT2D eigenvalue weighted by Crippen LogP contribution is -2.19. The number of aliphatic hydroxyl groups is 1. The molecule has 0 saturated carbocycles. The summed E-state index contributed by atoms with van der Waals surface area (Å²) in [5, 5.41) is 9.32. The van der Waals surface area contributed by atoms with Crippen molar-refractivity contribution in [1.82, 2.24) is 0 Å². The van der Waals surface area contributed by atoms with Crippen molar-refractivity contribution in [3.05, 3.63) is 12.2 Å². The number of rotatable bonds is 1. The number of hydrogen-bond donors (Lipinski definition) is 1. The van der Waals surface area contributed by atoms with E-state index in [-0.39, 0.29) is 6.10 Å². The minimum absolute atomic E-state index is 0.0694. The largest absolute Gasteiger partial charge is 0.393 e. The molecule has 0 amide bonds. The minimum atomic E-state index is -0.0694. The van der Waals surface area contributed by atoms with E-state index in [2.05, 4.69) is 19.1 Å². The lowest BCUT2D eigenvalue weighted by molar-refractivity contribution is 0.114. The van der Waals surface area contributed by atoms with Crippen LogP contribution in [-0.2, 0) is 0 Å². The Hall–Kier alpha value is -0.300. The molecule has 9 heavy (non-hydrogen) atoms. The van der Waals surface area contributed by atoms with Gasteiger partial charge >= 0.3 is 0 Å². The fourth-order valence-corrected chi connectivity index (χ4v) is 1.29. The summed E-state index contributed by atoms with van der Waals surface area (Å²) in [5.74, 6) is 0.429. The van der Waals surface area contributed by atoms with Crippen LogP contribution in [0, 0.1) is 5.92 Å². The molecule has 0 aromatic heterocycles. The zero-order valence-electron chi connectivity index (χ0n) is 5.88. The third kappa shape index (κ3) is 1.55. The molecule has 0 heterocycles. The first-order chi connectivity index (χ1) is 4.34. The minimum Gasteiger partial charge on any atom is -0.393 e. The van der Waals surface area contributed by atoms with Crippen LogP contribution in [0.1, 0.15) is 26.2 Å². The second-order valence-corrected chi connectivity index (χ2v) is 2.64. The van der Waals surface area contributed by atoms with Crippen molar-refractivity contribution in [3.8, 4) is 0 Å². The van der Waals surface area contributed by atoms with Gasteiger partial charge in [-0.1, -0.05) is 19.1 Å². The van der Waals surface area contributed by atoms with Crippen molar-refractivity contribution in [3.63, 3.8) is 0 Å². The van der Waals surface area contributed by atoms with Crippen LogP contribution in [0.3, 0.4) is 0 Å². The van der Waals surface area contributed by atoms with E-state index in [1.165, 1.54) is 0 Å². The molecular weight excluding hydrogens is 112 g/mol. The van der Waals surface area contributed by atoms with E-state index in [1.54, 1.807) is 0 Å². The molecule has 0 spiro atoms. The topological polar surface area (TPSA) is 20.2 Å². The van der Waals surface area contributed by atoms with E-state index in [0.29, 0.717) is 5.92 Å². The fourth-order valence-electron chi connectivity index (χ4n) is 1.29. The second-order valence-electron chi connectivity index (χ2n) is 2.64. The summed E-state index contributed by atoms with van der Waals surface area (Å²) < 4.78 is 0. The van der Waals surface area contributed by atoms with Gasteiger partial charge in [-0.15, -0.1) is 0 Å². The van der Waals surface area contributed by atoms with Gasteiger partial charge in [0.05, 0.1) is 6.10 Å². The first-order valence-electron chi connectivity index (χ1n) is 3.69. The van der Waals surface area contributed by atoms with E-state index in [0.717, 1.165) is 19.3 Å². The number of hydrogen-bond acceptors (Lipinski definition) is 1. The van der Waals surface area contributed by atoms with Crippen LogP contribution < -0.4 is 0 Å². The van der Waals surface area contributed by atoms with Gasteiger partial charge < -0.3 is 5.11 Å². The van der Waals surface area contributed by atoms with Gasteiger partial charge in [0.15, 0.2) is 0 Å². The summed E-state index contributed by atoms with van der Waals surface area (Å²) in [7, 11) is 0. The second kappa shape index (κ2) is 3.02. The summed E-state index contributed by atoms with van der Waals surface area (Å²) in [5.41, 5.74) is 0. The standard InChI is InChI=1S/C8H14O/c1-2-7-5-3-4-6-8(7)9/h3,5,7-9H,2,4,6H2,1H3/t7-,8+/m1/s1. The highest BCUT2D eigenvalue weighted by atomic mass is 16.3. The Morgan fingerprint density at radius 3 is 2.89 bits per heavy atom. The highest BCUT2D eigenvalue weighted by molar-refractivity contribution is 4.96. The van der Waals surface area contributed by atoms with Crippen molar-refractivity contribution in [2.75, 3.05) is 0 Å². The van der Waals surface area contributed by atoms with Crippen LogP contribution in [0.2, 0.25) is 0 Å². The van der Waals surface area contributed by atoms with Crippen molar-refractivity contribution in [2.24, 2.45) is 5.92 Å². The summed E-state index contributed by atoms with van der Waals surface area (Å²) >= 11 is 0. The maximum atomic E-state index is 9.32.